The van der Waals surface area contributed by atoms with Crippen molar-refractivity contribution < 1.29 is 14.3 Å². The van der Waals surface area contributed by atoms with Crippen LogP contribution in [0, 0.1) is 0 Å². The highest BCUT2D eigenvalue weighted by atomic mass is 16.5. The van der Waals surface area contributed by atoms with Gasteiger partial charge >= 0.3 is 5.97 Å². The summed E-state index contributed by atoms with van der Waals surface area (Å²) in [5, 5.41) is 0. The van der Waals surface area contributed by atoms with Crippen LogP contribution >= 0.6 is 0 Å². The number of hydrogen-bond donors (Lipinski definition) is 0. The maximum absolute atomic E-state index is 11.9. The van der Waals surface area contributed by atoms with Crippen molar-refractivity contribution in [2.45, 2.75) is 13.5 Å². The van der Waals surface area contributed by atoms with Gasteiger partial charge in [0.15, 0.2) is 0 Å². The standard InChI is InChI=1S/C18H21NO3/c1-4-21-18(20)14-10-11-15(13-19(2)3)17(12-14)22-16-8-6-5-7-9-16/h5-12H,4,13H2,1-3H3. The van der Waals surface area contributed by atoms with Crippen LogP contribution in [0.3, 0.4) is 0 Å². The van der Waals surface area contributed by atoms with Gasteiger partial charge in [-0.1, -0.05) is 24.3 Å². The van der Waals surface area contributed by atoms with Gasteiger partial charge < -0.3 is 14.4 Å². The molecule has 0 aliphatic rings. The highest BCUT2D eigenvalue weighted by Crippen LogP contribution is 2.27. The maximum Gasteiger partial charge on any atom is 0.338 e. The molecule has 0 saturated carbocycles. The Bertz CT molecular complexity index is 623. The monoisotopic (exact) mass is 299 g/mol. The zero-order valence-electron chi connectivity index (χ0n) is 13.2. The number of esters is 1. The number of carbonyl (C=O) groups excluding carboxylic acids is 1. The largest absolute Gasteiger partial charge is 0.462 e. The summed E-state index contributed by atoms with van der Waals surface area (Å²) in [6, 6.07) is 14.9. The molecular weight excluding hydrogens is 278 g/mol. The van der Waals surface area contributed by atoms with E-state index in [0.29, 0.717) is 17.9 Å². The zero-order chi connectivity index (χ0) is 15.9. The number of hydrogen-bond acceptors (Lipinski definition) is 4. The molecule has 0 aliphatic heterocycles. The van der Waals surface area contributed by atoms with E-state index in [2.05, 4.69) is 4.90 Å². The average molecular weight is 299 g/mol. The Kier molecular flexibility index (Phi) is 5.55. The third-order valence-electron chi connectivity index (χ3n) is 3.04. The Morgan fingerprint density at radius 2 is 1.82 bits per heavy atom. The van der Waals surface area contributed by atoms with Gasteiger partial charge in [-0.3, -0.25) is 0 Å². The van der Waals surface area contributed by atoms with Crippen LogP contribution in [0.5, 0.6) is 11.5 Å². The first-order chi connectivity index (χ1) is 10.6. The number of carbonyl (C=O) groups is 1. The van der Waals surface area contributed by atoms with Crippen molar-refractivity contribution in [3.63, 3.8) is 0 Å². The lowest BCUT2D eigenvalue weighted by molar-refractivity contribution is 0.0526. The Morgan fingerprint density at radius 3 is 2.45 bits per heavy atom. The molecule has 0 spiro atoms. The predicted molar refractivity (Wildman–Crippen MR) is 86.3 cm³/mol. The minimum absolute atomic E-state index is 0.336. The lowest BCUT2D eigenvalue weighted by Crippen LogP contribution is -2.12. The molecule has 0 radical (unpaired) electrons. The molecule has 2 aromatic carbocycles. The molecule has 0 unspecified atom stereocenters. The van der Waals surface area contributed by atoms with Crippen molar-refractivity contribution in [3.8, 4) is 11.5 Å². The topological polar surface area (TPSA) is 38.8 Å². The van der Waals surface area contributed by atoms with E-state index in [1.54, 1.807) is 19.1 Å². The van der Waals surface area contributed by atoms with Gasteiger partial charge in [-0.25, -0.2) is 4.79 Å². The molecule has 0 heterocycles. The molecule has 4 nitrogen and oxygen atoms in total. The van der Waals surface area contributed by atoms with Crippen LogP contribution in [0.4, 0.5) is 0 Å². The quantitative estimate of drug-likeness (QED) is 0.762. The summed E-state index contributed by atoms with van der Waals surface area (Å²) < 4.78 is 11.0. The van der Waals surface area contributed by atoms with Gasteiger partial charge in [0.2, 0.25) is 0 Å². The van der Waals surface area contributed by atoms with Gasteiger partial charge in [-0.2, -0.15) is 0 Å². The van der Waals surface area contributed by atoms with Crippen LogP contribution in [0.25, 0.3) is 0 Å². The first-order valence-corrected chi connectivity index (χ1v) is 7.28. The Balaban J connectivity index is 2.32. The van der Waals surface area contributed by atoms with Gasteiger partial charge in [0.05, 0.1) is 12.2 Å². The molecule has 0 bridgehead atoms. The molecule has 2 aromatic rings. The summed E-state index contributed by atoms with van der Waals surface area (Å²) in [7, 11) is 3.98. The Hall–Kier alpha value is -2.33. The van der Waals surface area contributed by atoms with Crippen LogP contribution in [0.2, 0.25) is 0 Å². The highest BCUT2D eigenvalue weighted by molar-refractivity contribution is 5.90. The Morgan fingerprint density at radius 1 is 1.09 bits per heavy atom. The lowest BCUT2D eigenvalue weighted by atomic mass is 10.1. The molecule has 4 heteroatoms. The van der Waals surface area contributed by atoms with Crippen LogP contribution in [0.1, 0.15) is 22.8 Å². The number of para-hydroxylation sites is 1. The molecule has 0 aliphatic carbocycles. The smallest absolute Gasteiger partial charge is 0.338 e. The van der Waals surface area contributed by atoms with Crippen LogP contribution < -0.4 is 4.74 Å². The van der Waals surface area contributed by atoms with Crippen molar-refractivity contribution in [2.75, 3.05) is 20.7 Å². The second-order valence-electron chi connectivity index (χ2n) is 5.20. The molecule has 0 aromatic heterocycles. The summed E-state index contributed by atoms with van der Waals surface area (Å²) in [5.74, 6) is 1.07. The second-order valence-corrected chi connectivity index (χ2v) is 5.20. The van der Waals surface area contributed by atoms with Gasteiger partial charge in [0.1, 0.15) is 11.5 Å². The molecule has 2 rings (SSSR count). The van der Waals surface area contributed by atoms with Gasteiger partial charge in [-0.05, 0) is 45.3 Å². The Labute approximate surface area is 131 Å². The SMILES string of the molecule is CCOC(=O)c1ccc(CN(C)C)c(Oc2ccccc2)c1. The van der Waals surface area contributed by atoms with Gasteiger partial charge in [0, 0.05) is 12.1 Å². The van der Waals surface area contributed by atoms with Crippen molar-refractivity contribution in [1.29, 1.82) is 0 Å². The summed E-state index contributed by atoms with van der Waals surface area (Å²) in [4.78, 5) is 13.9. The fraction of sp³-hybridized carbons (Fsp3) is 0.278. The lowest BCUT2D eigenvalue weighted by Gasteiger charge is -2.16. The summed E-state index contributed by atoms with van der Waals surface area (Å²) in [6.45, 7) is 2.87. The van der Waals surface area contributed by atoms with Gasteiger partial charge in [-0.15, -0.1) is 0 Å². The van der Waals surface area contributed by atoms with Crippen molar-refractivity contribution in [3.05, 3.63) is 59.7 Å². The molecule has 0 N–H and O–H groups in total. The van der Waals surface area contributed by atoms with E-state index in [1.165, 1.54) is 0 Å². The summed E-state index contributed by atoms with van der Waals surface area (Å²) >= 11 is 0. The summed E-state index contributed by atoms with van der Waals surface area (Å²) in [5.41, 5.74) is 1.51. The molecule has 116 valence electrons. The van der Waals surface area contributed by atoms with Gasteiger partial charge in [0.25, 0.3) is 0 Å². The van der Waals surface area contributed by atoms with E-state index < -0.39 is 0 Å². The van der Waals surface area contributed by atoms with E-state index in [-0.39, 0.29) is 5.97 Å². The van der Waals surface area contributed by atoms with E-state index in [4.69, 9.17) is 9.47 Å². The third-order valence-corrected chi connectivity index (χ3v) is 3.04. The fourth-order valence-corrected chi connectivity index (χ4v) is 2.08. The fourth-order valence-electron chi connectivity index (χ4n) is 2.08. The first-order valence-electron chi connectivity index (χ1n) is 7.28. The molecule has 0 saturated heterocycles. The summed E-state index contributed by atoms with van der Waals surface area (Å²) in [6.07, 6.45) is 0. The minimum Gasteiger partial charge on any atom is -0.462 e. The second kappa shape index (κ2) is 7.61. The van der Waals surface area contributed by atoms with Crippen molar-refractivity contribution in [1.82, 2.24) is 4.90 Å². The number of nitrogens with zero attached hydrogens (tertiary/aromatic N) is 1. The number of rotatable bonds is 6. The van der Waals surface area contributed by atoms with E-state index >= 15 is 0 Å². The van der Waals surface area contributed by atoms with E-state index in [0.717, 1.165) is 17.9 Å². The third kappa shape index (κ3) is 4.33. The van der Waals surface area contributed by atoms with E-state index in [1.807, 2.05) is 50.5 Å². The molecule has 22 heavy (non-hydrogen) atoms. The highest BCUT2D eigenvalue weighted by Gasteiger charge is 2.12. The van der Waals surface area contributed by atoms with Crippen LogP contribution in [0.15, 0.2) is 48.5 Å². The van der Waals surface area contributed by atoms with Crippen molar-refractivity contribution >= 4 is 5.97 Å². The maximum atomic E-state index is 11.9. The zero-order valence-corrected chi connectivity index (χ0v) is 13.2. The van der Waals surface area contributed by atoms with Crippen molar-refractivity contribution in [2.24, 2.45) is 0 Å². The molecular formula is C18H21NO3. The number of ether oxygens (including phenoxy) is 2. The minimum atomic E-state index is -0.336. The number of benzene rings is 2. The average Bonchev–Trinajstić information content (AvgIpc) is 2.50. The first kappa shape index (κ1) is 16.0. The molecule has 0 amide bonds. The van der Waals surface area contributed by atoms with Crippen LogP contribution in [-0.4, -0.2) is 31.6 Å². The predicted octanol–water partition coefficient (Wildman–Crippen LogP) is 3.72. The van der Waals surface area contributed by atoms with Crippen LogP contribution in [-0.2, 0) is 11.3 Å². The van der Waals surface area contributed by atoms with E-state index in [9.17, 15) is 4.79 Å². The normalized spacial score (nSPS) is 10.5. The molecule has 0 atom stereocenters. The molecule has 0 fully saturated rings.